The van der Waals surface area contributed by atoms with E-state index in [-0.39, 0.29) is 12.4 Å². The highest BCUT2D eigenvalue weighted by molar-refractivity contribution is 5.95. The largest absolute Gasteiger partial charge is 0.457 e. The van der Waals surface area contributed by atoms with Gasteiger partial charge in [-0.05, 0) is 48.0 Å². The van der Waals surface area contributed by atoms with Gasteiger partial charge < -0.3 is 4.74 Å². The summed E-state index contributed by atoms with van der Waals surface area (Å²) in [5.74, 6) is -0.796. The molecule has 4 rings (SSSR count). The van der Waals surface area contributed by atoms with Crippen LogP contribution in [0.1, 0.15) is 27.0 Å². The number of hydrogen-bond donors (Lipinski definition) is 1. The Balaban J connectivity index is 1.47. The molecule has 132 valence electrons. The Hall–Kier alpha value is -2.99. The van der Waals surface area contributed by atoms with Gasteiger partial charge in [-0.25, -0.2) is 9.18 Å². The van der Waals surface area contributed by atoms with Crippen LogP contribution < -0.4 is 0 Å². The van der Waals surface area contributed by atoms with Crippen molar-refractivity contribution in [2.24, 2.45) is 0 Å². The number of carbonyl (C=O) groups is 1. The molecular weight excluding hydrogens is 333 g/mol. The molecule has 0 fully saturated rings. The SMILES string of the molecule is CN1Cc2ccc(COC(=O)c3cn[nH]c3-c3ccc(F)cc3)cc2C1. The maximum Gasteiger partial charge on any atom is 0.342 e. The Morgan fingerprint density at radius 3 is 2.77 bits per heavy atom. The van der Waals surface area contributed by atoms with Gasteiger partial charge >= 0.3 is 5.97 Å². The van der Waals surface area contributed by atoms with E-state index < -0.39 is 5.97 Å². The summed E-state index contributed by atoms with van der Waals surface area (Å²) in [4.78, 5) is 14.7. The number of aromatic nitrogens is 2. The summed E-state index contributed by atoms with van der Waals surface area (Å²) in [5.41, 5.74) is 5.08. The number of aromatic amines is 1. The molecule has 0 unspecified atom stereocenters. The van der Waals surface area contributed by atoms with Gasteiger partial charge in [0.2, 0.25) is 0 Å². The standard InChI is InChI=1S/C20H18FN3O2/c1-24-10-15-3-2-13(8-16(15)11-24)12-26-20(25)18-9-22-23-19(18)14-4-6-17(21)7-5-14/h2-9H,10-12H2,1H3,(H,22,23). The number of halogens is 1. The Morgan fingerprint density at radius 1 is 1.19 bits per heavy atom. The molecule has 1 aromatic heterocycles. The summed E-state index contributed by atoms with van der Waals surface area (Å²) in [6.07, 6.45) is 1.43. The number of rotatable bonds is 4. The molecule has 3 aromatic rings. The molecule has 0 saturated heterocycles. The topological polar surface area (TPSA) is 58.2 Å². The molecule has 0 atom stereocenters. The molecule has 0 radical (unpaired) electrons. The minimum atomic E-state index is -0.462. The number of ether oxygens (including phenoxy) is 1. The second-order valence-electron chi connectivity index (χ2n) is 6.52. The predicted octanol–water partition coefficient (Wildman–Crippen LogP) is 3.52. The lowest BCUT2D eigenvalue weighted by Gasteiger charge is -2.07. The third-order valence-electron chi connectivity index (χ3n) is 4.51. The van der Waals surface area contributed by atoms with E-state index in [4.69, 9.17) is 4.74 Å². The van der Waals surface area contributed by atoms with Crippen LogP contribution in [-0.4, -0.2) is 28.1 Å². The van der Waals surface area contributed by atoms with Gasteiger partial charge in [0.25, 0.3) is 0 Å². The molecule has 2 aromatic carbocycles. The van der Waals surface area contributed by atoms with Crippen LogP contribution in [0.3, 0.4) is 0 Å². The molecule has 5 nitrogen and oxygen atoms in total. The Kier molecular flexibility index (Phi) is 4.26. The summed E-state index contributed by atoms with van der Waals surface area (Å²) in [6, 6.07) is 12.0. The van der Waals surface area contributed by atoms with Crippen LogP contribution in [0.2, 0.25) is 0 Å². The lowest BCUT2D eigenvalue weighted by Crippen LogP contribution is -2.07. The summed E-state index contributed by atoms with van der Waals surface area (Å²) in [7, 11) is 2.08. The molecule has 6 heteroatoms. The van der Waals surface area contributed by atoms with Crippen LogP contribution in [-0.2, 0) is 24.4 Å². The first-order chi connectivity index (χ1) is 12.6. The molecule has 0 bridgehead atoms. The molecule has 0 amide bonds. The van der Waals surface area contributed by atoms with Crippen molar-refractivity contribution in [2.75, 3.05) is 7.05 Å². The normalized spacial score (nSPS) is 13.6. The van der Waals surface area contributed by atoms with Crippen molar-refractivity contribution in [1.29, 1.82) is 0 Å². The van der Waals surface area contributed by atoms with E-state index in [0.29, 0.717) is 16.8 Å². The van der Waals surface area contributed by atoms with Crippen LogP contribution in [0.4, 0.5) is 4.39 Å². The zero-order valence-corrected chi connectivity index (χ0v) is 14.3. The van der Waals surface area contributed by atoms with Crippen LogP contribution in [0.25, 0.3) is 11.3 Å². The van der Waals surface area contributed by atoms with Crippen LogP contribution >= 0.6 is 0 Å². The van der Waals surface area contributed by atoms with Gasteiger partial charge in [-0.15, -0.1) is 0 Å². The lowest BCUT2D eigenvalue weighted by molar-refractivity contribution is 0.0473. The van der Waals surface area contributed by atoms with Gasteiger partial charge in [0, 0.05) is 18.7 Å². The van der Waals surface area contributed by atoms with Crippen LogP contribution in [0, 0.1) is 5.82 Å². The Morgan fingerprint density at radius 2 is 1.96 bits per heavy atom. The van der Waals surface area contributed by atoms with Gasteiger partial charge in [-0.2, -0.15) is 5.10 Å². The molecule has 0 saturated carbocycles. The highest BCUT2D eigenvalue weighted by Crippen LogP contribution is 2.24. The molecule has 1 aliphatic rings. The lowest BCUT2D eigenvalue weighted by atomic mass is 10.1. The Bertz CT molecular complexity index is 950. The van der Waals surface area contributed by atoms with E-state index in [2.05, 4.69) is 34.3 Å². The monoisotopic (exact) mass is 351 g/mol. The van der Waals surface area contributed by atoms with Crippen LogP contribution in [0.5, 0.6) is 0 Å². The van der Waals surface area contributed by atoms with Crippen molar-refractivity contribution >= 4 is 5.97 Å². The Labute approximate surface area is 150 Å². The van der Waals surface area contributed by atoms with Gasteiger partial charge in [0.15, 0.2) is 0 Å². The smallest absolute Gasteiger partial charge is 0.342 e. The summed E-state index contributed by atoms with van der Waals surface area (Å²) in [6.45, 7) is 2.06. The molecular formula is C20H18FN3O2. The fourth-order valence-electron chi connectivity index (χ4n) is 3.21. The van der Waals surface area contributed by atoms with Crippen molar-refractivity contribution in [3.8, 4) is 11.3 Å². The first-order valence-corrected chi connectivity index (χ1v) is 8.36. The second kappa shape index (κ2) is 6.72. The van der Waals surface area contributed by atoms with Crippen molar-refractivity contribution in [1.82, 2.24) is 15.1 Å². The zero-order valence-electron chi connectivity index (χ0n) is 14.3. The summed E-state index contributed by atoms with van der Waals surface area (Å²) >= 11 is 0. The number of carbonyl (C=O) groups excluding carboxylic acids is 1. The quantitative estimate of drug-likeness (QED) is 0.731. The van der Waals surface area contributed by atoms with E-state index in [0.717, 1.165) is 18.7 Å². The highest BCUT2D eigenvalue weighted by atomic mass is 19.1. The van der Waals surface area contributed by atoms with E-state index in [1.54, 1.807) is 12.1 Å². The van der Waals surface area contributed by atoms with Gasteiger partial charge in [-0.3, -0.25) is 10.00 Å². The van der Waals surface area contributed by atoms with Crippen molar-refractivity contribution in [3.63, 3.8) is 0 Å². The third kappa shape index (κ3) is 3.23. The third-order valence-corrected chi connectivity index (χ3v) is 4.51. The van der Waals surface area contributed by atoms with Gasteiger partial charge in [0.1, 0.15) is 18.0 Å². The molecule has 0 aliphatic carbocycles. The number of hydrogen-bond acceptors (Lipinski definition) is 4. The summed E-state index contributed by atoms with van der Waals surface area (Å²) < 4.78 is 18.6. The number of benzene rings is 2. The number of esters is 1. The fourth-order valence-corrected chi connectivity index (χ4v) is 3.21. The van der Waals surface area contributed by atoms with Crippen molar-refractivity contribution in [3.05, 3.63) is 76.7 Å². The first-order valence-electron chi connectivity index (χ1n) is 8.36. The first kappa shape index (κ1) is 16.5. The van der Waals surface area contributed by atoms with Gasteiger partial charge in [0.05, 0.1) is 11.9 Å². The van der Waals surface area contributed by atoms with Crippen molar-refractivity contribution in [2.45, 2.75) is 19.7 Å². The number of H-pyrrole nitrogens is 1. The van der Waals surface area contributed by atoms with E-state index in [1.165, 1.54) is 29.5 Å². The minimum absolute atomic E-state index is 0.198. The average molecular weight is 351 g/mol. The van der Waals surface area contributed by atoms with E-state index in [9.17, 15) is 9.18 Å². The van der Waals surface area contributed by atoms with E-state index in [1.807, 2.05) is 6.07 Å². The molecule has 2 heterocycles. The van der Waals surface area contributed by atoms with Gasteiger partial charge in [-0.1, -0.05) is 18.2 Å². The molecule has 1 aliphatic heterocycles. The predicted molar refractivity (Wildman–Crippen MR) is 94.7 cm³/mol. The molecule has 0 spiro atoms. The van der Waals surface area contributed by atoms with E-state index >= 15 is 0 Å². The second-order valence-corrected chi connectivity index (χ2v) is 6.52. The molecule has 26 heavy (non-hydrogen) atoms. The number of nitrogens with one attached hydrogen (secondary N) is 1. The average Bonchev–Trinajstić information content (AvgIpc) is 3.25. The number of fused-ring (bicyclic) bond motifs is 1. The molecule has 1 N–H and O–H groups in total. The zero-order chi connectivity index (χ0) is 18.1. The number of nitrogens with zero attached hydrogens (tertiary/aromatic N) is 2. The summed E-state index contributed by atoms with van der Waals surface area (Å²) in [5, 5.41) is 6.71. The van der Waals surface area contributed by atoms with Crippen LogP contribution in [0.15, 0.2) is 48.7 Å². The fraction of sp³-hybridized carbons (Fsp3) is 0.200. The van der Waals surface area contributed by atoms with Crippen molar-refractivity contribution < 1.29 is 13.9 Å². The highest BCUT2D eigenvalue weighted by Gasteiger charge is 2.18. The maximum atomic E-state index is 13.1. The minimum Gasteiger partial charge on any atom is -0.457 e. The maximum absolute atomic E-state index is 13.1.